The predicted molar refractivity (Wildman–Crippen MR) is 84.3 cm³/mol. The molecule has 4 heteroatoms. The van der Waals surface area contributed by atoms with Crippen molar-refractivity contribution in [1.29, 1.82) is 0 Å². The van der Waals surface area contributed by atoms with Gasteiger partial charge in [0.25, 0.3) is 0 Å². The molecule has 106 valence electrons. The summed E-state index contributed by atoms with van der Waals surface area (Å²) in [5.41, 5.74) is 2.75. The van der Waals surface area contributed by atoms with Crippen LogP contribution in [-0.4, -0.2) is 0 Å². The first-order valence-electron chi connectivity index (χ1n) is 6.49. The number of hydrogen-bond acceptors (Lipinski definition) is 1. The van der Waals surface area contributed by atoms with Crippen LogP contribution in [0.25, 0.3) is 0 Å². The number of aryl methyl sites for hydroxylation is 1. The highest BCUT2D eigenvalue weighted by Crippen LogP contribution is 2.32. The molecule has 0 heterocycles. The molecule has 0 aliphatic rings. The minimum Gasteiger partial charge on any atom is -0.377 e. The van der Waals surface area contributed by atoms with Gasteiger partial charge in [-0.1, -0.05) is 42.3 Å². The van der Waals surface area contributed by atoms with Gasteiger partial charge in [0.05, 0.1) is 16.8 Å². The summed E-state index contributed by atoms with van der Waals surface area (Å²) in [5.74, 6) is -0.236. The van der Waals surface area contributed by atoms with Gasteiger partial charge in [0.2, 0.25) is 0 Å². The Balaban J connectivity index is 2.26. The Kier molecular flexibility index (Phi) is 4.90. The third-order valence-electron chi connectivity index (χ3n) is 3.26. The quantitative estimate of drug-likeness (QED) is 0.729. The molecule has 20 heavy (non-hydrogen) atoms. The van der Waals surface area contributed by atoms with Crippen LogP contribution in [0.1, 0.15) is 30.5 Å². The molecule has 0 aliphatic carbocycles. The third kappa shape index (κ3) is 3.44. The maximum absolute atomic E-state index is 13.0. The van der Waals surface area contributed by atoms with Gasteiger partial charge < -0.3 is 5.32 Å². The van der Waals surface area contributed by atoms with E-state index < -0.39 is 0 Å². The topological polar surface area (TPSA) is 12.0 Å². The highest BCUT2D eigenvalue weighted by molar-refractivity contribution is 6.35. The first-order valence-corrected chi connectivity index (χ1v) is 7.24. The van der Waals surface area contributed by atoms with E-state index >= 15 is 0 Å². The van der Waals surface area contributed by atoms with Gasteiger partial charge in [-0.25, -0.2) is 4.39 Å². The SMILES string of the molecule is CCC(Nc1cc(Cl)c(C)cc1Cl)c1ccc(F)cc1. The summed E-state index contributed by atoms with van der Waals surface area (Å²) in [6.07, 6.45) is 0.855. The molecule has 0 spiro atoms. The Hall–Kier alpha value is -1.25. The van der Waals surface area contributed by atoms with E-state index in [1.807, 2.05) is 19.1 Å². The van der Waals surface area contributed by atoms with Crippen molar-refractivity contribution in [2.75, 3.05) is 5.32 Å². The zero-order valence-corrected chi connectivity index (χ0v) is 12.9. The third-order valence-corrected chi connectivity index (χ3v) is 3.98. The van der Waals surface area contributed by atoms with Crippen molar-refractivity contribution in [1.82, 2.24) is 0 Å². The fraction of sp³-hybridized carbons (Fsp3) is 0.250. The Morgan fingerprint density at radius 2 is 1.75 bits per heavy atom. The molecule has 0 saturated carbocycles. The number of halogens is 3. The molecule has 1 unspecified atom stereocenters. The van der Waals surface area contributed by atoms with Crippen LogP contribution in [0.15, 0.2) is 36.4 Å². The monoisotopic (exact) mass is 311 g/mol. The largest absolute Gasteiger partial charge is 0.377 e. The molecular weight excluding hydrogens is 296 g/mol. The van der Waals surface area contributed by atoms with Crippen molar-refractivity contribution in [3.8, 4) is 0 Å². The maximum Gasteiger partial charge on any atom is 0.123 e. The summed E-state index contributed by atoms with van der Waals surface area (Å²) < 4.78 is 13.0. The molecule has 1 nitrogen and oxygen atoms in total. The van der Waals surface area contributed by atoms with Gasteiger partial charge in [0, 0.05) is 5.02 Å². The molecule has 0 saturated heterocycles. The number of benzene rings is 2. The smallest absolute Gasteiger partial charge is 0.123 e. The van der Waals surface area contributed by atoms with Gasteiger partial charge in [-0.15, -0.1) is 0 Å². The van der Waals surface area contributed by atoms with Crippen LogP contribution in [0, 0.1) is 12.7 Å². The standard InChI is InChI=1S/C16H16Cl2FN/c1-3-15(11-4-6-12(19)7-5-11)20-16-9-13(17)10(2)8-14(16)18/h4-9,15,20H,3H2,1-2H3. The van der Waals surface area contributed by atoms with Crippen molar-refractivity contribution >= 4 is 28.9 Å². The van der Waals surface area contributed by atoms with Gasteiger partial charge >= 0.3 is 0 Å². The molecule has 0 radical (unpaired) electrons. The van der Waals surface area contributed by atoms with E-state index in [2.05, 4.69) is 12.2 Å². The Labute approximate surface area is 128 Å². The summed E-state index contributed by atoms with van der Waals surface area (Å²) in [4.78, 5) is 0. The lowest BCUT2D eigenvalue weighted by atomic mass is 10.0. The lowest BCUT2D eigenvalue weighted by Crippen LogP contribution is -2.10. The molecule has 2 rings (SSSR count). The van der Waals surface area contributed by atoms with E-state index in [0.717, 1.165) is 23.2 Å². The molecule has 0 aromatic heterocycles. The van der Waals surface area contributed by atoms with E-state index in [4.69, 9.17) is 23.2 Å². The summed E-state index contributed by atoms with van der Waals surface area (Å²) >= 11 is 12.4. The second-order valence-electron chi connectivity index (χ2n) is 4.74. The summed E-state index contributed by atoms with van der Waals surface area (Å²) in [7, 11) is 0. The number of nitrogens with one attached hydrogen (secondary N) is 1. The zero-order valence-electron chi connectivity index (χ0n) is 11.4. The minimum atomic E-state index is -0.236. The molecular formula is C16H16Cl2FN. The van der Waals surface area contributed by atoms with Gasteiger partial charge in [-0.05, 0) is 48.7 Å². The second-order valence-corrected chi connectivity index (χ2v) is 5.55. The van der Waals surface area contributed by atoms with Crippen LogP contribution < -0.4 is 5.32 Å². The van der Waals surface area contributed by atoms with Crippen LogP contribution in [-0.2, 0) is 0 Å². The van der Waals surface area contributed by atoms with Gasteiger partial charge in [-0.3, -0.25) is 0 Å². The van der Waals surface area contributed by atoms with Crippen LogP contribution in [0.4, 0.5) is 10.1 Å². The number of anilines is 1. The molecule has 0 fully saturated rings. The second kappa shape index (κ2) is 6.47. The van der Waals surface area contributed by atoms with Crippen LogP contribution >= 0.6 is 23.2 Å². The fourth-order valence-electron chi connectivity index (χ4n) is 2.06. The van der Waals surface area contributed by atoms with Crippen LogP contribution in [0.2, 0.25) is 10.0 Å². The van der Waals surface area contributed by atoms with E-state index in [1.165, 1.54) is 12.1 Å². The highest BCUT2D eigenvalue weighted by Gasteiger charge is 2.12. The molecule has 0 bridgehead atoms. The summed E-state index contributed by atoms with van der Waals surface area (Å²) in [6.45, 7) is 3.97. The van der Waals surface area contributed by atoms with E-state index in [9.17, 15) is 4.39 Å². The van der Waals surface area contributed by atoms with E-state index in [1.54, 1.807) is 12.1 Å². The first-order chi connectivity index (χ1) is 9.51. The van der Waals surface area contributed by atoms with Gasteiger partial charge in [0.15, 0.2) is 0 Å². The van der Waals surface area contributed by atoms with Gasteiger partial charge in [0.1, 0.15) is 5.82 Å². The fourth-order valence-corrected chi connectivity index (χ4v) is 2.50. The summed E-state index contributed by atoms with van der Waals surface area (Å²) in [5, 5.41) is 4.67. The van der Waals surface area contributed by atoms with Crippen molar-refractivity contribution in [3.05, 3.63) is 63.4 Å². The first kappa shape index (κ1) is 15.1. The molecule has 1 atom stereocenters. The average Bonchev–Trinajstić information content (AvgIpc) is 2.42. The molecule has 2 aromatic rings. The molecule has 0 amide bonds. The predicted octanol–water partition coefficient (Wildman–Crippen LogP) is 6.00. The van der Waals surface area contributed by atoms with Gasteiger partial charge in [-0.2, -0.15) is 0 Å². The van der Waals surface area contributed by atoms with Crippen molar-refractivity contribution in [2.24, 2.45) is 0 Å². The molecule has 1 N–H and O–H groups in total. The highest BCUT2D eigenvalue weighted by atomic mass is 35.5. The zero-order chi connectivity index (χ0) is 14.7. The Morgan fingerprint density at radius 3 is 2.35 bits per heavy atom. The van der Waals surface area contributed by atoms with E-state index in [0.29, 0.717) is 10.0 Å². The lowest BCUT2D eigenvalue weighted by Gasteiger charge is -2.20. The van der Waals surface area contributed by atoms with Crippen molar-refractivity contribution in [2.45, 2.75) is 26.3 Å². The lowest BCUT2D eigenvalue weighted by molar-refractivity contribution is 0.625. The maximum atomic E-state index is 13.0. The summed E-state index contributed by atoms with van der Waals surface area (Å²) in [6, 6.07) is 10.2. The number of rotatable bonds is 4. The Morgan fingerprint density at radius 1 is 1.10 bits per heavy atom. The average molecular weight is 312 g/mol. The molecule has 0 aliphatic heterocycles. The van der Waals surface area contributed by atoms with Crippen molar-refractivity contribution < 1.29 is 4.39 Å². The van der Waals surface area contributed by atoms with Crippen LogP contribution in [0.3, 0.4) is 0 Å². The van der Waals surface area contributed by atoms with Crippen molar-refractivity contribution in [3.63, 3.8) is 0 Å². The van der Waals surface area contributed by atoms with E-state index in [-0.39, 0.29) is 11.9 Å². The number of hydrogen-bond donors (Lipinski definition) is 1. The Bertz CT molecular complexity index is 596. The molecule has 2 aromatic carbocycles. The normalized spacial score (nSPS) is 12.2. The van der Waals surface area contributed by atoms with Crippen LogP contribution in [0.5, 0.6) is 0 Å². The minimum absolute atomic E-state index is 0.0619.